The molecule has 3 aromatic rings. The van der Waals surface area contributed by atoms with Crippen LogP contribution in [-0.2, 0) is 20.7 Å². The first-order valence-corrected chi connectivity index (χ1v) is 11.3. The van der Waals surface area contributed by atoms with Crippen molar-refractivity contribution < 1.29 is 33.6 Å². The van der Waals surface area contributed by atoms with Crippen LogP contribution in [-0.4, -0.2) is 43.8 Å². The highest BCUT2D eigenvalue weighted by atomic mass is 16.7. The first-order chi connectivity index (χ1) is 16.7. The van der Waals surface area contributed by atoms with Gasteiger partial charge in [-0.15, -0.1) is 0 Å². The molecule has 3 aromatic carbocycles. The number of aliphatic carboxylic acids is 1. The third-order valence-corrected chi connectivity index (χ3v) is 5.46. The zero-order chi connectivity index (χ0) is 23.8. The average Bonchev–Trinajstić information content (AvgIpc) is 2.84. The van der Waals surface area contributed by atoms with Gasteiger partial charge in [0.05, 0.1) is 6.61 Å². The Balaban J connectivity index is 1.37. The van der Waals surface area contributed by atoms with E-state index in [1.54, 1.807) is 6.92 Å². The number of rotatable bonds is 10. The van der Waals surface area contributed by atoms with Crippen LogP contribution < -0.4 is 14.2 Å². The van der Waals surface area contributed by atoms with E-state index in [1.807, 2.05) is 72.8 Å². The summed E-state index contributed by atoms with van der Waals surface area (Å²) in [4.78, 5) is 11.3. The Hall–Kier alpha value is -3.55. The fraction of sp³-hybridized carbons (Fsp3) is 0.296. The van der Waals surface area contributed by atoms with Crippen molar-refractivity contribution in [1.82, 2.24) is 0 Å². The number of fused-ring (bicyclic) bond motifs is 2. The molecule has 178 valence electrons. The number of benzene rings is 3. The van der Waals surface area contributed by atoms with Crippen molar-refractivity contribution in [3.63, 3.8) is 0 Å². The van der Waals surface area contributed by atoms with E-state index in [1.165, 1.54) is 0 Å². The maximum atomic E-state index is 11.3. The number of carboxylic acids is 1. The predicted octanol–water partition coefficient (Wildman–Crippen LogP) is 4.63. The van der Waals surface area contributed by atoms with Crippen LogP contribution in [0.25, 0.3) is 0 Å². The van der Waals surface area contributed by atoms with Gasteiger partial charge in [0, 0.05) is 24.2 Å². The Morgan fingerprint density at radius 1 is 0.941 bits per heavy atom. The summed E-state index contributed by atoms with van der Waals surface area (Å²) in [5.74, 6) is 1.17. The predicted molar refractivity (Wildman–Crippen MR) is 125 cm³/mol. The zero-order valence-corrected chi connectivity index (χ0v) is 19.0. The van der Waals surface area contributed by atoms with Crippen LogP contribution in [0.2, 0.25) is 0 Å². The second-order valence-corrected chi connectivity index (χ2v) is 7.71. The molecule has 34 heavy (non-hydrogen) atoms. The number of hydrogen-bond acceptors (Lipinski definition) is 6. The van der Waals surface area contributed by atoms with Crippen molar-refractivity contribution in [2.24, 2.45) is 0 Å². The molecule has 0 aromatic heterocycles. The fourth-order valence-corrected chi connectivity index (χ4v) is 3.84. The normalized spacial score (nSPS) is 13.9. The van der Waals surface area contributed by atoms with Crippen molar-refractivity contribution in [1.29, 1.82) is 0 Å². The molecule has 0 saturated carbocycles. The summed E-state index contributed by atoms with van der Waals surface area (Å²) in [6, 6.07) is 22.9. The molecule has 1 atom stereocenters. The topological polar surface area (TPSA) is 83.5 Å². The second kappa shape index (κ2) is 11.5. The monoisotopic (exact) mass is 464 g/mol. The van der Waals surface area contributed by atoms with Gasteiger partial charge >= 0.3 is 5.97 Å². The molecule has 0 fully saturated rings. The van der Waals surface area contributed by atoms with E-state index in [4.69, 9.17) is 23.7 Å². The Labute approximate surface area is 198 Å². The lowest BCUT2D eigenvalue weighted by molar-refractivity contribution is -0.149. The third kappa shape index (κ3) is 5.87. The van der Waals surface area contributed by atoms with Crippen LogP contribution in [0.15, 0.2) is 72.8 Å². The third-order valence-electron chi connectivity index (χ3n) is 5.46. The first-order valence-electron chi connectivity index (χ1n) is 11.3. The lowest BCUT2D eigenvalue weighted by Gasteiger charge is -2.26. The number of carbonyl (C=O) groups is 1. The minimum Gasteiger partial charge on any atom is -0.491 e. The van der Waals surface area contributed by atoms with Gasteiger partial charge < -0.3 is 28.8 Å². The number of ether oxygens (including phenoxy) is 5. The standard InChI is InChI=1S/C27H28O7/c1-2-30-25(27(28)29)17-19-11-13-20(14-12-19)31-15-16-32-26-21-7-3-5-9-23(21)33-18-34-24-10-6-4-8-22(24)26/h3-14,25-26H,2,15-18H2,1H3,(H,28,29). The summed E-state index contributed by atoms with van der Waals surface area (Å²) < 4.78 is 28.9. The summed E-state index contributed by atoms with van der Waals surface area (Å²) in [5.41, 5.74) is 2.74. The Kier molecular flexibility index (Phi) is 8.01. The molecule has 1 aliphatic rings. The minimum atomic E-state index is -0.965. The van der Waals surface area contributed by atoms with Crippen molar-refractivity contribution >= 4 is 5.97 Å². The molecule has 1 unspecified atom stereocenters. The molecule has 0 radical (unpaired) electrons. The molecular formula is C27H28O7. The highest BCUT2D eigenvalue weighted by Gasteiger charge is 2.24. The van der Waals surface area contributed by atoms with Gasteiger partial charge in [-0.05, 0) is 36.8 Å². The van der Waals surface area contributed by atoms with E-state index in [-0.39, 0.29) is 12.9 Å². The zero-order valence-electron chi connectivity index (χ0n) is 19.0. The lowest BCUT2D eigenvalue weighted by atomic mass is 9.99. The molecule has 4 rings (SSSR count). The van der Waals surface area contributed by atoms with Crippen LogP contribution in [0.4, 0.5) is 0 Å². The van der Waals surface area contributed by atoms with Gasteiger partial charge in [-0.2, -0.15) is 0 Å². The highest BCUT2D eigenvalue weighted by molar-refractivity contribution is 5.72. The van der Waals surface area contributed by atoms with E-state index in [2.05, 4.69) is 0 Å². The second-order valence-electron chi connectivity index (χ2n) is 7.71. The molecule has 0 aliphatic carbocycles. The van der Waals surface area contributed by atoms with Crippen molar-refractivity contribution in [2.45, 2.75) is 25.6 Å². The molecule has 7 heteroatoms. The molecule has 1 aliphatic heterocycles. The van der Waals surface area contributed by atoms with E-state index in [0.29, 0.717) is 32.0 Å². The van der Waals surface area contributed by atoms with Crippen LogP contribution in [0.5, 0.6) is 17.2 Å². The van der Waals surface area contributed by atoms with Gasteiger partial charge in [-0.1, -0.05) is 48.5 Å². The van der Waals surface area contributed by atoms with Gasteiger partial charge in [0.25, 0.3) is 0 Å². The highest BCUT2D eigenvalue weighted by Crippen LogP contribution is 2.38. The summed E-state index contributed by atoms with van der Waals surface area (Å²) >= 11 is 0. The van der Waals surface area contributed by atoms with Gasteiger partial charge in [-0.25, -0.2) is 4.79 Å². The first kappa shape index (κ1) is 23.6. The molecule has 1 heterocycles. The van der Waals surface area contributed by atoms with E-state index in [9.17, 15) is 9.90 Å². The van der Waals surface area contributed by atoms with Gasteiger partial charge in [0.15, 0.2) is 6.10 Å². The van der Waals surface area contributed by atoms with Crippen molar-refractivity contribution in [3.05, 3.63) is 89.5 Å². The summed E-state index contributed by atoms with van der Waals surface area (Å²) in [5, 5.41) is 9.25. The van der Waals surface area contributed by atoms with Gasteiger partial charge in [0.1, 0.15) is 30.0 Å². The molecule has 0 bridgehead atoms. The Morgan fingerprint density at radius 2 is 1.56 bits per heavy atom. The summed E-state index contributed by atoms with van der Waals surface area (Å²) in [6.45, 7) is 2.96. The molecule has 0 saturated heterocycles. The van der Waals surface area contributed by atoms with Crippen molar-refractivity contribution in [2.75, 3.05) is 26.6 Å². The number of hydrogen-bond donors (Lipinski definition) is 1. The maximum Gasteiger partial charge on any atom is 0.333 e. The molecular weight excluding hydrogens is 436 g/mol. The summed E-state index contributed by atoms with van der Waals surface area (Å²) in [6.07, 6.45) is -0.908. The molecule has 7 nitrogen and oxygen atoms in total. The molecule has 0 spiro atoms. The maximum absolute atomic E-state index is 11.3. The Bertz CT molecular complexity index is 1030. The smallest absolute Gasteiger partial charge is 0.333 e. The van der Waals surface area contributed by atoms with Crippen LogP contribution in [0, 0.1) is 0 Å². The van der Waals surface area contributed by atoms with Gasteiger partial charge in [-0.3, -0.25) is 0 Å². The largest absolute Gasteiger partial charge is 0.491 e. The molecule has 0 amide bonds. The van der Waals surface area contributed by atoms with Crippen LogP contribution in [0.1, 0.15) is 29.7 Å². The average molecular weight is 465 g/mol. The SMILES string of the molecule is CCOC(Cc1ccc(OCCOC2c3ccccc3OCOc3ccccc32)cc1)C(=O)O. The minimum absolute atomic E-state index is 0.137. The van der Waals surface area contributed by atoms with E-state index in [0.717, 1.165) is 28.2 Å². The van der Waals surface area contributed by atoms with Crippen molar-refractivity contribution in [3.8, 4) is 17.2 Å². The van der Waals surface area contributed by atoms with E-state index < -0.39 is 12.1 Å². The Morgan fingerprint density at radius 3 is 2.15 bits per heavy atom. The van der Waals surface area contributed by atoms with Crippen LogP contribution in [0.3, 0.4) is 0 Å². The van der Waals surface area contributed by atoms with Gasteiger partial charge in [0.2, 0.25) is 6.79 Å². The fourth-order valence-electron chi connectivity index (χ4n) is 3.84. The van der Waals surface area contributed by atoms with E-state index >= 15 is 0 Å². The number of carboxylic acid groups (broad SMARTS) is 1. The number of para-hydroxylation sites is 2. The van der Waals surface area contributed by atoms with Crippen LogP contribution >= 0.6 is 0 Å². The quantitative estimate of drug-likeness (QED) is 0.438. The molecule has 1 N–H and O–H groups in total. The summed E-state index contributed by atoms with van der Waals surface area (Å²) in [7, 11) is 0. The lowest BCUT2D eigenvalue weighted by Crippen LogP contribution is -2.26.